The van der Waals surface area contributed by atoms with Gasteiger partial charge in [0.2, 0.25) is 0 Å². The van der Waals surface area contributed by atoms with E-state index in [4.69, 9.17) is 22.1 Å². The Morgan fingerprint density at radius 2 is 1.25 bits per heavy atom. The Bertz CT molecular complexity index is 138. The lowest BCUT2D eigenvalue weighted by atomic mass is 9.96. The van der Waals surface area contributed by atoms with Crippen molar-refractivity contribution in [2.24, 2.45) is 0 Å². The first-order chi connectivity index (χ1) is 10.3. The zero-order valence-corrected chi connectivity index (χ0v) is 20.5. The molecule has 7 heteroatoms. The van der Waals surface area contributed by atoms with E-state index in [0.717, 1.165) is 6.42 Å². The molecule has 1 fully saturated rings. The lowest BCUT2D eigenvalue weighted by Gasteiger charge is -2.15. The molecule has 6 atom stereocenters. The highest BCUT2D eigenvalue weighted by molar-refractivity contribution is 7.92. The van der Waals surface area contributed by atoms with Gasteiger partial charge in [-0.25, -0.2) is 0 Å². The zero-order valence-electron chi connectivity index (χ0n) is 16.8. The van der Waals surface area contributed by atoms with E-state index >= 15 is 0 Å². The van der Waals surface area contributed by atoms with E-state index in [-0.39, 0.29) is 43.0 Å². The molecule has 0 aliphatic carbocycles. The van der Waals surface area contributed by atoms with Gasteiger partial charge in [0.05, 0.1) is 12.7 Å². The summed E-state index contributed by atoms with van der Waals surface area (Å²) in [4.78, 5) is 0. The Labute approximate surface area is 165 Å². The molecule has 0 aromatic rings. The molecule has 24 heavy (non-hydrogen) atoms. The second-order valence-corrected chi connectivity index (χ2v) is 2.68. The molecule has 0 N–H and O–H groups in total. The van der Waals surface area contributed by atoms with Crippen molar-refractivity contribution in [1.29, 1.82) is 0 Å². The van der Waals surface area contributed by atoms with Crippen molar-refractivity contribution in [2.75, 3.05) is 20.8 Å². The number of methoxy groups -OCH3 is 2. The van der Waals surface area contributed by atoms with Gasteiger partial charge in [-0.2, -0.15) is 9.90 Å². The summed E-state index contributed by atoms with van der Waals surface area (Å²) in [5.41, 5.74) is 0. The summed E-state index contributed by atoms with van der Waals surface area (Å²) in [5, 5.41) is 0. The highest BCUT2D eigenvalue weighted by Crippen LogP contribution is 2.20. The molecule has 1 saturated heterocycles. The molecule has 1 aliphatic heterocycles. The number of hydrogen-bond acceptors (Lipinski definition) is 3. The molecule has 1 aliphatic rings. The number of hydrogen-bond donors (Lipinski definition) is 0. The quantitative estimate of drug-likeness (QED) is 0.422. The van der Waals surface area contributed by atoms with E-state index < -0.39 is 0 Å². The van der Waals surface area contributed by atoms with Crippen LogP contribution in [0.5, 0.6) is 0 Å². The van der Waals surface area contributed by atoms with E-state index in [0.29, 0.717) is 6.61 Å². The average Bonchev–Trinajstić information content (AvgIpc) is 2.97. The molecule has 156 valence electrons. The summed E-state index contributed by atoms with van der Waals surface area (Å²) >= 11 is 0. The van der Waals surface area contributed by atoms with Gasteiger partial charge in [0, 0.05) is 20.2 Å². The van der Waals surface area contributed by atoms with Gasteiger partial charge in [-0.3, -0.25) is 0 Å². The maximum atomic E-state index is 5.56. The molecule has 1 rings (SSSR count). The second-order valence-electron chi connectivity index (χ2n) is 2.68. The second kappa shape index (κ2) is 56.4. The molecule has 1 heterocycles. The molecule has 4 unspecified atom stereocenters. The topological polar surface area (TPSA) is 27.7 Å². The predicted molar refractivity (Wildman–Crippen MR) is 131 cm³/mol. The van der Waals surface area contributed by atoms with Crippen LogP contribution < -0.4 is 0 Å². The highest BCUT2D eigenvalue weighted by Gasteiger charge is 2.32. The fraction of sp³-hybridized carbons (Fsp3) is 1.00. The van der Waals surface area contributed by atoms with Gasteiger partial charge in [-0.05, 0) is 6.42 Å². The standard InChI is InChI=1S/C7H13BO3.4C2H6.2CH4.H4P2.H3P/c1-9-4-6-5(10-2)3-7(8)11-6;4*1-2;;;1-2;/h5-7H,3-4H2,1-2H3;4*1-2H3;2*1H4;1-2H2;1H3/t5?,6-,7-;;;;;;;;/m1......../s1. The summed E-state index contributed by atoms with van der Waals surface area (Å²) in [6, 6.07) is -0.194. The van der Waals surface area contributed by atoms with Crippen LogP contribution in [0, 0.1) is 0 Å². The smallest absolute Gasteiger partial charge is 0.109 e. The molecule has 2 radical (unpaired) electrons. The van der Waals surface area contributed by atoms with Crippen molar-refractivity contribution < 1.29 is 14.2 Å². The Kier molecular flexibility index (Phi) is 117. The molecular formula is C17H52BO3P3. The summed E-state index contributed by atoms with van der Waals surface area (Å²) in [6.45, 7) is 16.5. The average molecular weight is 408 g/mol. The Morgan fingerprint density at radius 3 is 1.50 bits per heavy atom. The van der Waals surface area contributed by atoms with E-state index in [1.54, 1.807) is 14.2 Å². The van der Waals surface area contributed by atoms with Gasteiger partial charge in [-0.15, -0.1) is 17.9 Å². The third-order valence-electron chi connectivity index (χ3n) is 1.86. The third-order valence-corrected chi connectivity index (χ3v) is 1.86. The first-order valence-corrected chi connectivity index (χ1v) is 10.7. The van der Waals surface area contributed by atoms with Crippen LogP contribution in [-0.4, -0.2) is 46.9 Å². The lowest BCUT2D eigenvalue weighted by molar-refractivity contribution is -0.0315. The van der Waals surface area contributed by atoms with Crippen LogP contribution >= 0.6 is 27.8 Å². The summed E-state index contributed by atoms with van der Waals surface area (Å²) in [5.74, 6) is 0. The van der Waals surface area contributed by atoms with Gasteiger partial charge < -0.3 is 14.2 Å². The molecule has 0 saturated carbocycles. The maximum absolute atomic E-state index is 5.56. The molecule has 0 aromatic heterocycles. The normalized spacial score (nSPS) is 18.6. The monoisotopic (exact) mass is 408 g/mol. The van der Waals surface area contributed by atoms with Crippen molar-refractivity contribution >= 4 is 35.6 Å². The Hall–Kier alpha value is 1.23. The van der Waals surface area contributed by atoms with Crippen molar-refractivity contribution in [3.05, 3.63) is 0 Å². The van der Waals surface area contributed by atoms with Crippen LogP contribution in [0.2, 0.25) is 0 Å². The van der Waals surface area contributed by atoms with Gasteiger partial charge in [0.1, 0.15) is 14.0 Å². The van der Waals surface area contributed by atoms with Gasteiger partial charge in [-0.1, -0.05) is 70.2 Å². The van der Waals surface area contributed by atoms with Gasteiger partial charge >= 0.3 is 0 Å². The van der Waals surface area contributed by atoms with Gasteiger partial charge in [0.25, 0.3) is 0 Å². The number of rotatable bonds is 3. The lowest BCUT2D eigenvalue weighted by Crippen LogP contribution is -2.27. The van der Waals surface area contributed by atoms with E-state index in [2.05, 4.69) is 17.9 Å². The van der Waals surface area contributed by atoms with Crippen molar-refractivity contribution in [2.45, 2.75) is 94.9 Å². The SMILES string of the molecule is C.C.CC.CC.CC.CC.P.PP.[B][C@H]1CC(OC)[C@@H](COC)O1. The first-order valence-electron chi connectivity index (χ1n) is 8.04. The van der Waals surface area contributed by atoms with Crippen molar-refractivity contribution in [3.8, 4) is 0 Å². The first kappa shape index (κ1) is 49.9. The minimum Gasteiger partial charge on any atom is -0.382 e. The molecular weight excluding hydrogens is 356 g/mol. The number of ether oxygens (including phenoxy) is 3. The van der Waals surface area contributed by atoms with E-state index in [1.807, 2.05) is 55.4 Å². The van der Waals surface area contributed by atoms with E-state index in [1.165, 1.54) is 0 Å². The molecule has 3 nitrogen and oxygen atoms in total. The predicted octanol–water partition coefficient (Wildman–Crippen LogP) is 6.02. The Morgan fingerprint density at radius 1 is 0.917 bits per heavy atom. The molecule has 0 bridgehead atoms. The minimum absolute atomic E-state index is 0. The van der Waals surface area contributed by atoms with Crippen LogP contribution in [0.1, 0.15) is 76.7 Å². The highest BCUT2D eigenvalue weighted by atomic mass is 32.0. The van der Waals surface area contributed by atoms with Crippen LogP contribution in [0.4, 0.5) is 0 Å². The summed E-state index contributed by atoms with van der Waals surface area (Å²) in [7, 11) is 13.5. The zero-order chi connectivity index (χ0) is 18.3. The maximum Gasteiger partial charge on any atom is 0.109 e. The van der Waals surface area contributed by atoms with Crippen molar-refractivity contribution in [1.82, 2.24) is 0 Å². The van der Waals surface area contributed by atoms with E-state index in [9.17, 15) is 0 Å². The minimum atomic E-state index is -0.194. The summed E-state index contributed by atoms with van der Waals surface area (Å²) in [6.07, 6.45) is 0.842. The van der Waals surface area contributed by atoms with Crippen LogP contribution in [-0.2, 0) is 14.2 Å². The van der Waals surface area contributed by atoms with Crippen LogP contribution in [0.3, 0.4) is 0 Å². The fourth-order valence-corrected chi connectivity index (χ4v) is 1.31. The fourth-order valence-electron chi connectivity index (χ4n) is 1.31. The van der Waals surface area contributed by atoms with Gasteiger partial charge in [0.15, 0.2) is 0 Å². The molecule has 0 spiro atoms. The Balaban J connectivity index is -0.0000000286. The summed E-state index contributed by atoms with van der Waals surface area (Å²) < 4.78 is 15.4. The van der Waals surface area contributed by atoms with Crippen LogP contribution in [0.25, 0.3) is 0 Å². The molecule has 0 amide bonds. The van der Waals surface area contributed by atoms with Crippen LogP contribution in [0.15, 0.2) is 0 Å². The third kappa shape index (κ3) is 34.5. The largest absolute Gasteiger partial charge is 0.382 e. The molecule has 0 aromatic carbocycles. The van der Waals surface area contributed by atoms with Crippen molar-refractivity contribution in [3.63, 3.8) is 0 Å².